The first-order valence-electron chi connectivity index (χ1n) is 6.77. The zero-order chi connectivity index (χ0) is 13.1. The van der Waals surface area contributed by atoms with E-state index in [1.165, 1.54) is 25.7 Å². The Morgan fingerprint density at radius 2 is 1.65 bits per heavy atom. The first-order chi connectivity index (χ1) is 7.68. The van der Waals surface area contributed by atoms with Crippen molar-refractivity contribution in [2.45, 2.75) is 78.3 Å². The summed E-state index contributed by atoms with van der Waals surface area (Å²) in [6, 6.07) is 0.598. The van der Waals surface area contributed by atoms with Crippen LogP contribution in [0, 0.1) is 5.41 Å². The van der Waals surface area contributed by atoms with Crippen molar-refractivity contribution in [3.63, 3.8) is 0 Å². The molecule has 1 rings (SSSR count). The summed E-state index contributed by atoms with van der Waals surface area (Å²) in [7, 11) is 0. The van der Waals surface area contributed by atoms with Crippen LogP contribution in [0.3, 0.4) is 0 Å². The fourth-order valence-corrected chi connectivity index (χ4v) is 3.41. The van der Waals surface area contributed by atoms with Gasteiger partial charge in [0.05, 0.1) is 0 Å². The van der Waals surface area contributed by atoms with Crippen LogP contribution in [0.1, 0.15) is 66.7 Å². The number of hydrogen-bond acceptors (Lipinski definition) is 1. The summed E-state index contributed by atoms with van der Waals surface area (Å²) in [6.07, 6.45) is 6.31. The molecule has 3 heteroatoms. The fourth-order valence-electron chi connectivity index (χ4n) is 2.97. The van der Waals surface area contributed by atoms with Gasteiger partial charge < -0.3 is 10.6 Å². The average Bonchev–Trinajstić information content (AvgIpc) is 2.49. The molecule has 0 radical (unpaired) electrons. The van der Waals surface area contributed by atoms with E-state index in [2.05, 4.69) is 45.3 Å². The minimum Gasteiger partial charge on any atom is -0.360 e. The third-order valence-electron chi connectivity index (χ3n) is 3.11. The lowest BCUT2D eigenvalue weighted by molar-refractivity contribution is 0.266. The van der Waals surface area contributed by atoms with E-state index >= 15 is 0 Å². The van der Waals surface area contributed by atoms with Crippen LogP contribution >= 0.6 is 12.2 Å². The van der Waals surface area contributed by atoms with Gasteiger partial charge in [-0.05, 0) is 50.7 Å². The Morgan fingerprint density at radius 1 is 1.12 bits per heavy atom. The van der Waals surface area contributed by atoms with Gasteiger partial charge in [0.1, 0.15) is 0 Å². The smallest absolute Gasteiger partial charge is 0.166 e. The van der Waals surface area contributed by atoms with Gasteiger partial charge in [-0.25, -0.2) is 0 Å². The number of thiocarbonyl (C=S) groups is 1. The van der Waals surface area contributed by atoms with Crippen LogP contribution in [-0.4, -0.2) is 16.7 Å². The number of nitrogens with one attached hydrogen (secondary N) is 2. The lowest BCUT2D eigenvalue weighted by atomic mass is 9.82. The van der Waals surface area contributed by atoms with Crippen molar-refractivity contribution in [2.75, 3.05) is 0 Å². The molecule has 1 saturated carbocycles. The Bertz CT molecular complexity index is 260. The first-order valence-corrected chi connectivity index (χ1v) is 7.17. The third kappa shape index (κ3) is 6.25. The van der Waals surface area contributed by atoms with Gasteiger partial charge in [0.25, 0.3) is 0 Å². The molecule has 0 heterocycles. The van der Waals surface area contributed by atoms with Gasteiger partial charge in [0.2, 0.25) is 0 Å². The normalized spacial score (nSPS) is 18.2. The Hall–Kier alpha value is -0.310. The molecule has 1 aliphatic carbocycles. The second-order valence-electron chi connectivity index (χ2n) is 7.20. The molecule has 0 amide bonds. The van der Waals surface area contributed by atoms with Crippen LogP contribution in [0.2, 0.25) is 0 Å². The molecule has 1 aliphatic rings. The molecule has 0 aromatic rings. The quantitative estimate of drug-likeness (QED) is 0.754. The Labute approximate surface area is 112 Å². The highest BCUT2D eigenvalue weighted by Crippen LogP contribution is 2.26. The van der Waals surface area contributed by atoms with Crippen molar-refractivity contribution >= 4 is 17.3 Å². The molecule has 0 aromatic heterocycles. The van der Waals surface area contributed by atoms with Crippen LogP contribution in [0.15, 0.2) is 0 Å². The van der Waals surface area contributed by atoms with Crippen LogP contribution in [0.25, 0.3) is 0 Å². The van der Waals surface area contributed by atoms with Gasteiger partial charge >= 0.3 is 0 Å². The summed E-state index contributed by atoms with van der Waals surface area (Å²) in [5, 5.41) is 7.73. The van der Waals surface area contributed by atoms with Gasteiger partial charge in [-0.3, -0.25) is 0 Å². The molecule has 0 atom stereocenters. The molecule has 0 spiro atoms. The summed E-state index contributed by atoms with van der Waals surface area (Å²) in [5.41, 5.74) is 0.375. The van der Waals surface area contributed by atoms with Crippen LogP contribution in [0.5, 0.6) is 0 Å². The summed E-state index contributed by atoms with van der Waals surface area (Å²) in [4.78, 5) is 0. The molecular weight excluding hydrogens is 228 g/mol. The number of hydrogen-bond donors (Lipinski definition) is 2. The molecule has 0 unspecified atom stereocenters. The minimum absolute atomic E-state index is 0.0565. The molecule has 17 heavy (non-hydrogen) atoms. The second-order valence-corrected chi connectivity index (χ2v) is 7.61. The van der Waals surface area contributed by atoms with Gasteiger partial charge in [-0.1, -0.05) is 33.6 Å². The van der Waals surface area contributed by atoms with Crippen molar-refractivity contribution in [3.8, 4) is 0 Å². The lowest BCUT2D eigenvalue weighted by Crippen LogP contribution is -2.51. The van der Waals surface area contributed by atoms with Crippen LogP contribution in [0.4, 0.5) is 0 Å². The molecule has 2 N–H and O–H groups in total. The van der Waals surface area contributed by atoms with E-state index in [4.69, 9.17) is 12.2 Å². The Kier molecular flexibility index (Phi) is 4.82. The largest absolute Gasteiger partial charge is 0.360 e. The van der Waals surface area contributed by atoms with Crippen molar-refractivity contribution in [3.05, 3.63) is 0 Å². The lowest BCUT2D eigenvalue weighted by Gasteiger charge is -2.34. The van der Waals surface area contributed by atoms with Gasteiger partial charge in [0.15, 0.2) is 5.11 Å². The van der Waals surface area contributed by atoms with E-state index < -0.39 is 0 Å². The molecule has 0 aliphatic heterocycles. The Balaban J connectivity index is 2.38. The molecule has 1 fully saturated rings. The maximum atomic E-state index is 5.41. The fraction of sp³-hybridized carbons (Fsp3) is 0.929. The van der Waals surface area contributed by atoms with E-state index in [0.29, 0.717) is 11.5 Å². The van der Waals surface area contributed by atoms with Gasteiger partial charge in [-0.15, -0.1) is 0 Å². The van der Waals surface area contributed by atoms with Gasteiger partial charge in [0, 0.05) is 11.6 Å². The van der Waals surface area contributed by atoms with Crippen LogP contribution in [-0.2, 0) is 0 Å². The SMILES string of the molecule is CC(C)(C)CC(C)(C)NC(=S)NC1CCCC1. The highest BCUT2D eigenvalue weighted by molar-refractivity contribution is 7.80. The zero-order valence-electron chi connectivity index (χ0n) is 12.0. The minimum atomic E-state index is 0.0565. The monoisotopic (exact) mass is 256 g/mol. The maximum Gasteiger partial charge on any atom is 0.166 e. The highest BCUT2D eigenvalue weighted by Gasteiger charge is 2.26. The standard InChI is InChI=1S/C14H28N2S/c1-13(2,3)10-14(4,5)16-12(17)15-11-8-6-7-9-11/h11H,6-10H2,1-5H3,(H2,15,16,17). The topological polar surface area (TPSA) is 24.1 Å². The first kappa shape index (κ1) is 14.7. The van der Waals surface area contributed by atoms with Crippen LogP contribution < -0.4 is 10.6 Å². The van der Waals surface area contributed by atoms with E-state index in [-0.39, 0.29) is 5.54 Å². The Morgan fingerprint density at radius 3 is 2.12 bits per heavy atom. The van der Waals surface area contributed by atoms with Crippen molar-refractivity contribution in [1.82, 2.24) is 10.6 Å². The summed E-state index contributed by atoms with van der Waals surface area (Å²) in [5.74, 6) is 0. The van der Waals surface area contributed by atoms with E-state index in [1.807, 2.05) is 0 Å². The molecule has 0 aromatic carbocycles. The average molecular weight is 256 g/mol. The summed E-state index contributed by atoms with van der Waals surface area (Å²) >= 11 is 5.41. The molecule has 100 valence electrons. The second kappa shape index (κ2) is 5.55. The predicted octanol–water partition coefficient (Wildman–Crippen LogP) is 3.61. The summed E-state index contributed by atoms with van der Waals surface area (Å²) < 4.78 is 0. The molecule has 2 nitrogen and oxygen atoms in total. The van der Waals surface area contributed by atoms with Crippen molar-refractivity contribution < 1.29 is 0 Å². The molecule has 0 bridgehead atoms. The van der Waals surface area contributed by atoms with E-state index in [0.717, 1.165) is 11.5 Å². The molecule has 0 saturated heterocycles. The highest BCUT2D eigenvalue weighted by atomic mass is 32.1. The van der Waals surface area contributed by atoms with E-state index in [1.54, 1.807) is 0 Å². The van der Waals surface area contributed by atoms with Crippen molar-refractivity contribution in [1.29, 1.82) is 0 Å². The summed E-state index contributed by atoms with van der Waals surface area (Å²) in [6.45, 7) is 11.2. The van der Waals surface area contributed by atoms with E-state index in [9.17, 15) is 0 Å². The van der Waals surface area contributed by atoms with Gasteiger partial charge in [-0.2, -0.15) is 0 Å². The molecular formula is C14H28N2S. The maximum absolute atomic E-state index is 5.41. The predicted molar refractivity (Wildman–Crippen MR) is 79.3 cm³/mol. The third-order valence-corrected chi connectivity index (χ3v) is 3.33. The number of rotatable bonds is 3. The zero-order valence-corrected chi connectivity index (χ0v) is 12.8. The van der Waals surface area contributed by atoms with Crippen molar-refractivity contribution in [2.24, 2.45) is 5.41 Å².